The summed E-state index contributed by atoms with van der Waals surface area (Å²) in [5, 5.41) is 10.5. The number of rotatable bonds is 3. The number of benzene rings is 1. The first kappa shape index (κ1) is 14.4. The summed E-state index contributed by atoms with van der Waals surface area (Å²) < 4.78 is 11.5. The van der Waals surface area contributed by atoms with Crippen molar-refractivity contribution < 1.29 is 14.6 Å². The Morgan fingerprint density at radius 1 is 1.19 bits per heavy atom. The van der Waals surface area contributed by atoms with E-state index in [1.54, 1.807) is 11.3 Å². The average molecular weight is 304 g/mol. The van der Waals surface area contributed by atoms with Crippen molar-refractivity contribution in [2.75, 3.05) is 13.2 Å². The molecular formula is C17H20O3S. The highest BCUT2D eigenvalue weighted by molar-refractivity contribution is 7.12. The molecule has 21 heavy (non-hydrogen) atoms. The molecule has 0 bridgehead atoms. The van der Waals surface area contributed by atoms with Crippen LogP contribution in [0.5, 0.6) is 11.5 Å². The number of ether oxygens (including phenoxy) is 2. The third-order valence-electron chi connectivity index (χ3n) is 3.63. The highest BCUT2D eigenvalue weighted by Crippen LogP contribution is 2.36. The van der Waals surface area contributed by atoms with Crippen molar-refractivity contribution in [1.29, 1.82) is 0 Å². The Bertz CT molecular complexity index is 620. The van der Waals surface area contributed by atoms with E-state index in [0.29, 0.717) is 19.1 Å². The van der Waals surface area contributed by atoms with Crippen LogP contribution < -0.4 is 9.47 Å². The van der Waals surface area contributed by atoms with Gasteiger partial charge in [-0.3, -0.25) is 0 Å². The molecule has 1 aromatic carbocycles. The van der Waals surface area contributed by atoms with E-state index >= 15 is 0 Å². The lowest BCUT2D eigenvalue weighted by Gasteiger charge is -2.13. The number of hydrogen-bond donors (Lipinski definition) is 1. The predicted molar refractivity (Wildman–Crippen MR) is 84.4 cm³/mol. The Hall–Kier alpha value is -1.52. The Kier molecular flexibility index (Phi) is 4.17. The zero-order chi connectivity index (χ0) is 14.8. The van der Waals surface area contributed by atoms with Crippen LogP contribution in [0.25, 0.3) is 0 Å². The fraction of sp³-hybridized carbons (Fsp3) is 0.412. The fourth-order valence-electron chi connectivity index (χ4n) is 2.33. The van der Waals surface area contributed by atoms with Crippen LogP contribution in [0.4, 0.5) is 0 Å². The number of fused-ring (bicyclic) bond motifs is 1. The molecule has 1 aliphatic heterocycles. The van der Waals surface area contributed by atoms with Gasteiger partial charge in [0.25, 0.3) is 0 Å². The van der Waals surface area contributed by atoms with E-state index in [9.17, 15) is 5.11 Å². The maximum absolute atomic E-state index is 10.5. The number of hydrogen-bond acceptors (Lipinski definition) is 4. The second kappa shape index (κ2) is 6.08. The quantitative estimate of drug-likeness (QED) is 0.937. The van der Waals surface area contributed by atoms with Crippen LogP contribution in [-0.4, -0.2) is 18.3 Å². The first-order valence-electron chi connectivity index (χ1n) is 7.33. The Labute approximate surface area is 129 Å². The number of aryl methyl sites for hydroxylation is 1. The van der Waals surface area contributed by atoms with Gasteiger partial charge in [0.15, 0.2) is 11.5 Å². The van der Waals surface area contributed by atoms with Crippen molar-refractivity contribution in [2.24, 2.45) is 5.92 Å². The molecule has 2 atom stereocenters. The van der Waals surface area contributed by atoms with Gasteiger partial charge < -0.3 is 14.6 Å². The van der Waals surface area contributed by atoms with Gasteiger partial charge in [0, 0.05) is 15.7 Å². The van der Waals surface area contributed by atoms with E-state index in [1.165, 1.54) is 4.88 Å². The molecule has 0 saturated carbocycles. The van der Waals surface area contributed by atoms with Crippen molar-refractivity contribution in [3.63, 3.8) is 0 Å². The standard InChI is InChI=1S/C17H20O3S/c1-3-13-5-7-16(21-13)17(18)12-4-6-14-15(8-12)20-10-11(2)9-19-14/h4-8,11,17-18H,3,9-10H2,1-2H3. The molecule has 0 spiro atoms. The molecule has 2 unspecified atom stereocenters. The first-order valence-corrected chi connectivity index (χ1v) is 8.15. The minimum absolute atomic E-state index is 0.371. The van der Waals surface area contributed by atoms with Crippen LogP contribution in [0.15, 0.2) is 30.3 Å². The molecule has 112 valence electrons. The summed E-state index contributed by atoms with van der Waals surface area (Å²) in [4.78, 5) is 2.25. The summed E-state index contributed by atoms with van der Waals surface area (Å²) in [5.74, 6) is 1.86. The van der Waals surface area contributed by atoms with E-state index in [4.69, 9.17) is 9.47 Å². The Morgan fingerprint density at radius 2 is 1.95 bits per heavy atom. The van der Waals surface area contributed by atoms with Gasteiger partial charge in [0.05, 0.1) is 13.2 Å². The molecule has 0 saturated heterocycles. The van der Waals surface area contributed by atoms with Crippen LogP contribution >= 0.6 is 11.3 Å². The minimum Gasteiger partial charge on any atom is -0.489 e. The molecule has 0 radical (unpaired) electrons. The highest BCUT2D eigenvalue weighted by atomic mass is 32.1. The van der Waals surface area contributed by atoms with Crippen molar-refractivity contribution in [3.8, 4) is 11.5 Å². The lowest BCUT2D eigenvalue weighted by atomic mass is 10.1. The molecule has 1 aliphatic rings. The SMILES string of the molecule is CCc1ccc(C(O)c2ccc3c(c2)OCC(C)CO3)s1. The van der Waals surface area contributed by atoms with Gasteiger partial charge >= 0.3 is 0 Å². The molecule has 3 rings (SSSR count). The molecule has 2 aromatic rings. The maximum Gasteiger partial charge on any atom is 0.161 e. The van der Waals surface area contributed by atoms with Crippen LogP contribution in [0.1, 0.15) is 35.3 Å². The highest BCUT2D eigenvalue weighted by Gasteiger charge is 2.19. The first-order chi connectivity index (χ1) is 10.2. The van der Waals surface area contributed by atoms with Gasteiger partial charge in [-0.2, -0.15) is 0 Å². The van der Waals surface area contributed by atoms with Gasteiger partial charge in [-0.1, -0.05) is 19.9 Å². The summed E-state index contributed by atoms with van der Waals surface area (Å²) in [6.07, 6.45) is 0.390. The second-order valence-corrected chi connectivity index (χ2v) is 6.69. The van der Waals surface area contributed by atoms with Gasteiger partial charge in [-0.25, -0.2) is 0 Å². The van der Waals surface area contributed by atoms with E-state index in [2.05, 4.69) is 19.9 Å². The van der Waals surface area contributed by atoms with Crippen LogP contribution in [0, 0.1) is 5.92 Å². The average Bonchev–Trinajstić information content (AvgIpc) is 2.91. The molecule has 0 amide bonds. The summed E-state index contributed by atoms with van der Waals surface area (Å²) >= 11 is 1.66. The summed E-state index contributed by atoms with van der Waals surface area (Å²) in [6, 6.07) is 9.77. The largest absolute Gasteiger partial charge is 0.489 e. The predicted octanol–water partition coefficient (Wildman–Crippen LogP) is 3.80. The van der Waals surface area contributed by atoms with Crippen molar-refractivity contribution >= 4 is 11.3 Å². The summed E-state index contributed by atoms with van der Waals surface area (Å²) in [6.45, 7) is 5.53. The molecule has 0 fully saturated rings. The van der Waals surface area contributed by atoms with Gasteiger partial charge in [0.1, 0.15) is 6.10 Å². The number of thiophene rings is 1. The topological polar surface area (TPSA) is 38.7 Å². The normalized spacial score (nSPS) is 19.1. The smallest absolute Gasteiger partial charge is 0.161 e. The molecule has 1 N–H and O–H groups in total. The monoisotopic (exact) mass is 304 g/mol. The molecular weight excluding hydrogens is 284 g/mol. The second-order valence-electron chi connectivity index (χ2n) is 5.49. The lowest BCUT2D eigenvalue weighted by Crippen LogP contribution is -2.12. The van der Waals surface area contributed by atoms with Crippen LogP contribution in [0.3, 0.4) is 0 Å². The fourth-order valence-corrected chi connectivity index (χ4v) is 3.30. The van der Waals surface area contributed by atoms with Gasteiger partial charge in [-0.05, 0) is 36.2 Å². The number of aliphatic hydroxyl groups is 1. The van der Waals surface area contributed by atoms with Crippen molar-refractivity contribution in [2.45, 2.75) is 26.4 Å². The molecule has 2 heterocycles. The third-order valence-corrected chi connectivity index (χ3v) is 4.91. The molecule has 1 aromatic heterocycles. The van der Waals surface area contributed by atoms with E-state index in [1.807, 2.05) is 24.3 Å². The summed E-state index contributed by atoms with van der Waals surface area (Å²) in [7, 11) is 0. The lowest BCUT2D eigenvalue weighted by molar-refractivity contribution is 0.221. The van der Waals surface area contributed by atoms with Gasteiger partial charge in [0.2, 0.25) is 0 Å². The van der Waals surface area contributed by atoms with E-state index in [0.717, 1.165) is 28.4 Å². The Morgan fingerprint density at radius 3 is 2.67 bits per heavy atom. The summed E-state index contributed by atoms with van der Waals surface area (Å²) in [5.41, 5.74) is 0.844. The zero-order valence-electron chi connectivity index (χ0n) is 12.3. The van der Waals surface area contributed by atoms with Gasteiger partial charge in [-0.15, -0.1) is 11.3 Å². The van der Waals surface area contributed by atoms with Crippen molar-refractivity contribution in [3.05, 3.63) is 45.6 Å². The number of aliphatic hydroxyl groups excluding tert-OH is 1. The molecule has 3 nitrogen and oxygen atoms in total. The van der Waals surface area contributed by atoms with E-state index < -0.39 is 6.10 Å². The van der Waals surface area contributed by atoms with Crippen LogP contribution in [-0.2, 0) is 6.42 Å². The minimum atomic E-state index is -0.607. The maximum atomic E-state index is 10.5. The Balaban J connectivity index is 1.86. The van der Waals surface area contributed by atoms with Crippen LogP contribution in [0.2, 0.25) is 0 Å². The third kappa shape index (κ3) is 3.06. The zero-order valence-corrected chi connectivity index (χ0v) is 13.2. The molecule has 4 heteroatoms. The molecule has 0 aliphatic carbocycles. The van der Waals surface area contributed by atoms with E-state index in [-0.39, 0.29) is 0 Å². The van der Waals surface area contributed by atoms with Crippen molar-refractivity contribution in [1.82, 2.24) is 0 Å².